The maximum atomic E-state index is 13.7. The minimum absolute atomic E-state index is 0.0742. The van der Waals surface area contributed by atoms with Crippen LogP contribution < -0.4 is 5.32 Å². The number of nitrogens with zero attached hydrogens (tertiary/aromatic N) is 2. The van der Waals surface area contributed by atoms with Crippen LogP contribution in [-0.2, 0) is 0 Å². The molecule has 2 aromatic rings. The second kappa shape index (κ2) is 6.11. The molecule has 1 aliphatic rings. The van der Waals surface area contributed by atoms with E-state index in [1.54, 1.807) is 30.5 Å². The Morgan fingerprint density at radius 2 is 2.18 bits per heavy atom. The lowest BCUT2D eigenvalue weighted by molar-refractivity contribution is 0.0935. The predicted molar refractivity (Wildman–Crippen MR) is 79.1 cm³/mol. The largest absolute Gasteiger partial charge is 0.396 e. The highest BCUT2D eigenvalue weighted by Gasteiger charge is 2.21. The zero-order valence-electron chi connectivity index (χ0n) is 11.8. The van der Waals surface area contributed by atoms with Crippen LogP contribution in [0.4, 0.5) is 4.39 Å². The summed E-state index contributed by atoms with van der Waals surface area (Å²) in [6, 6.07) is 7.68. The van der Waals surface area contributed by atoms with Gasteiger partial charge in [0.15, 0.2) is 5.69 Å². The molecule has 0 aliphatic heterocycles. The molecular weight excluding hydrogens is 285 g/mol. The fourth-order valence-corrected chi connectivity index (χ4v) is 2.48. The van der Waals surface area contributed by atoms with Crippen LogP contribution >= 0.6 is 0 Å². The summed E-state index contributed by atoms with van der Waals surface area (Å²) in [6.45, 7) is 0.0742. The number of amides is 1. The molecule has 22 heavy (non-hydrogen) atoms. The smallest absolute Gasteiger partial charge is 0.272 e. The molecule has 1 amide bonds. The first-order valence-electron chi connectivity index (χ1n) is 7.08. The van der Waals surface area contributed by atoms with Gasteiger partial charge < -0.3 is 10.4 Å². The topological polar surface area (TPSA) is 67.2 Å². The van der Waals surface area contributed by atoms with E-state index in [0.29, 0.717) is 12.1 Å². The molecule has 114 valence electrons. The summed E-state index contributed by atoms with van der Waals surface area (Å²) in [5, 5.41) is 16.0. The third-order valence-electron chi connectivity index (χ3n) is 3.64. The SMILES string of the molecule is O=C(N[C@@H]1C=C[C@H](CO)C1)c1ccn(-c2ccccc2F)n1. The Hall–Kier alpha value is -2.47. The number of para-hydroxylation sites is 1. The lowest BCUT2D eigenvalue weighted by atomic mass is 10.1. The molecule has 1 aromatic carbocycles. The number of aliphatic hydroxyl groups excluding tert-OH is 1. The zero-order chi connectivity index (χ0) is 15.5. The van der Waals surface area contributed by atoms with Crippen molar-refractivity contribution >= 4 is 5.91 Å². The molecule has 2 atom stereocenters. The highest BCUT2D eigenvalue weighted by atomic mass is 19.1. The van der Waals surface area contributed by atoms with Gasteiger partial charge in [0.2, 0.25) is 0 Å². The zero-order valence-corrected chi connectivity index (χ0v) is 11.8. The van der Waals surface area contributed by atoms with E-state index < -0.39 is 5.82 Å². The Morgan fingerprint density at radius 1 is 1.36 bits per heavy atom. The number of hydrogen-bond acceptors (Lipinski definition) is 3. The van der Waals surface area contributed by atoms with Gasteiger partial charge in [-0.2, -0.15) is 5.10 Å². The van der Waals surface area contributed by atoms with Crippen molar-refractivity contribution in [1.29, 1.82) is 0 Å². The summed E-state index contributed by atoms with van der Waals surface area (Å²) in [4.78, 5) is 12.1. The monoisotopic (exact) mass is 301 g/mol. The van der Waals surface area contributed by atoms with E-state index in [0.717, 1.165) is 0 Å². The van der Waals surface area contributed by atoms with Gasteiger partial charge in [-0.25, -0.2) is 9.07 Å². The number of rotatable bonds is 4. The van der Waals surface area contributed by atoms with E-state index >= 15 is 0 Å². The molecule has 0 unspecified atom stereocenters. The molecule has 0 radical (unpaired) electrons. The number of nitrogens with one attached hydrogen (secondary N) is 1. The predicted octanol–water partition coefficient (Wildman–Crippen LogP) is 1.68. The van der Waals surface area contributed by atoms with Crippen LogP contribution in [0.1, 0.15) is 16.9 Å². The molecule has 1 aliphatic carbocycles. The maximum Gasteiger partial charge on any atom is 0.272 e. The maximum absolute atomic E-state index is 13.7. The van der Waals surface area contributed by atoms with Gasteiger partial charge in [-0.3, -0.25) is 4.79 Å². The first-order valence-corrected chi connectivity index (χ1v) is 7.08. The van der Waals surface area contributed by atoms with E-state index in [1.807, 2.05) is 12.2 Å². The van der Waals surface area contributed by atoms with Crippen LogP contribution in [0, 0.1) is 11.7 Å². The molecule has 0 bridgehead atoms. The van der Waals surface area contributed by atoms with Crippen LogP contribution in [-0.4, -0.2) is 33.4 Å². The van der Waals surface area contributed by atoms with Gasteiger partial charge in [0.05, 0.1) is 0 Å². The number of halogens is 1. The third kappa shape index (κ3) is 2.92. The van der Waals surface area contributed by atoms with Crippen molar-refractivity contribution in [1.82, 2.24) is 15.1 Å². The van der Waals surface area contributed by atoms with Gasteiger partial charge in [0.1, 0.15) is 11.5 Å². The summed E-state index contributed by atoms with van der Waals surface area (Å²) in [6.07, 6.45) is 5.99. The second-order valence-corrected chi connectivity index (χ2v) is 5.24. The Labute approximate surface area is 127 Å². The Morgan fingerprint density at radius 3 is 2.91 bits per heavy atom. The fourth-order valence-electron chi connectivity index (χ4n) is 2.48. The van der Waals surface area contributed by atoms with Crippen LogP contribution in [0.15, 0.2) is 48.7 Å². The lowest BCUT2D eigenvalue weighted by Gasteiger charge is -2.11. The Bertz CT molecular complexity index is 711. The molecule has 2 N–H and O–H groups in total. The number of carbonyl (C=O) groups excluding carboxylic acids is 1. The van der Waals surface area contributed by atoms with Gasteiger partial charge in [-0.05, 0) is 24.6 Å². The number of hydrogen-bond donors (Lipinski definition) is 2. The summed E-state index contributed by atoms with van der Waals surface area (Å²) in [7, 11) is 0. The molecule has 0 saturated heterocycles. The number of carbonyl (C=O) groups is 1. The van der Waals surface area contributed by atoms with Crippen LogP contribution in [0.25, 0.3) is 5.69 Å². The second-order valence-electron chi connectivity index (χ2n) is 5.24. The normalized spacial score (nSPS) is 20.3. The molecule has 5 nitrogen and oxygen atoms in total. The van der Waals surface area contributed by atoms with Crippen molar-refractivity contribution in [3.8, 4) is 5.69 Å². The summed E-state index contributed by atoms with van der Waals surface area (Å²) in [5.74, 6) is -0.633. The molecule has 3 rings (SSSR count). The fraction of sp³-hybridized carbons (Fsp3) is 0.250. The minimum Gasteiger partial charge on any atom is -0.396 e. The van der Waals surface area contributed by atoms with Crippen LogP contribution in [0.5, 0.6) is 0 Å². The van der Waals surface area contributed by atoms with Gasteiger partial charge in [-0.15, -0.1) is 0 Å². The Kier molecular flexibility index (Phi) is 4.02. The van der Waals surface area contributed by atoms with E-state index in [2.05, 4.69) is 10.4 Å². The molecule has 0 spiro atoms. The number of aliphatic hydroxyl groups is 1. The highest BCUT2D eigenvalue weighted by Crippen LogP contribution is 2.17. The molecule has 1 aromatic heterocycles. The van der Waals surface area contributed by atoms with E-state index in [4.69, 9.17) is 5.11 Å². The van der Waals surface area contributed by atoms with Crippen molar-refractivity contribution < 1.29 is 14.3 Å². The third-order valence-corrected chi connectivity index (χ3v) is 3.64. The standard InChI is InChI=1S/C16H16FN3O2/c17-13-3-1-2-4-15(13)20-8-7-14(19-20)16(22)18-12-6-5-11(9-12)10-21/h1-8,11-12,21H,9-10H2,(H,18,22)/t11-,12+/m0/s1. The average Bonchev–Trinajstić information content (AvgIpc) is 3.16. The molecule has 1 heterocycles. The average molecular weight is 301 g/mol. The summed E-state index contributed by atoms with van der Waals surface area (Å²) >= 11 is 0. The summed E-state index contributed by atoms with van der Waals surface area (Å²) in [5.41, 5.74) is 0.520. The quantitative estimate of drug-likeness (QED) is 0.844. The number of benzene rings is 1. The van der Waals surface area contributed by atoms with Crippen LogP contribution in [0.3, 0.4) is 0 Å². The van der Waals surface area contributed by atoms with Crippen molar-refractivity contribution in [3.05, 3.63) is 60.2 Å². The Balaban J connectivity index is 1.70. The highest BCUT2D eigenvalue weighted by molar-refractivity contribution is 5.92. The molecule has 0 fully saturated rings. The summed E-state index contributed by atoms with van der Waals surface area (Å²) < 4.78 is 15.0. The van der Waals surface area contributed by atoms with E-state index in [1.165, 1.54) is 10.7 Å². The van der Waals surface area contributed by atoms with Gasteiger partial charge >= 0.3 is 0 Å². The number of aromatic nitrogens is 2. The first kappa shape index (κ1) is 14.5. The minimum atomic E-state index is -0.401. The van der Waals surface area contributed by atoms with E-state index in [9.17, 15) is 9.18 Å². The molecular formula is C16H16FN3O2. The van der Waals surface area contributed by atoms with Crippen molar-refractivity contribution in [2.24, 2.45) is 5.92 Å². The first-order chi connectivity index (χ1) is 10.7. The molecule has 6 heteroatoms. The van der Waals surface area contributed by atoms with Gasteiger partial charge in [-0.1, -0.05) is 24.3 Å². The van der Waals surface area contributed by atoms with E-state index in [-0.39, 0.29) is 30.2 Å². The van der Waals surface area contributed by atoms with Crippen molar-refractivity contribution in [2.75, 3.05) is 6.61 Å². The van der Waals surface area contributed by atoms with Gasteiger partial charge in [0, 0.05) is 24.8 Å². The molecule has 0 saturated carbocycles. The van der Waals surface area contributed by atoms with Crippen LogP contribution in [0.2, 0.25) is 0 Å². The lowest BCUT2D eigenvalue weighted by Crippen LogP contribution is -2.33. The van der Waals surface area contributed by atoms with Crippen molar-refractivity contribution in [3.63, 3.8) is 0 Å². The van der Waals surface area contributed by atoms with Gasteiger partial charge in [0.25, 0.3) is 5.91 Å². The van der Waals surface area contributed by atoms with Crippen molar-refractivity contribution in [2.45, 2.75) is 12.5 Å².